The Balaban J connectivity index is 1.47. The molecule has 2 atom stereocenters. The van der Waals surface area contributed by atoms with Crippen LogP contribution in [0.25, 0.3) is 45.1 Å². The van der Waals surface area contributed by atoms with Gasteiger partial charge >= 0.3 is 0 Å². The molecule has 0 aliphatic heterocycles. The summed E-state index contributed by atoms with van der Waals surface area (Å²) in [6.45, 7) is 0.374. The zero-order chi connectivity index (χ0) is 25.5. The summed E-state index contributed by atoms with van der Waals surface area (Å²) in [5.41, 5.74) is 3.01. The number of fused-ring (bicyclic) bond motifs is 1. The summed E-state index contributed by atoms with van der Waals surface area (Å²) in [6.07, 6.45) is 3.73. The standard InChI is InChI=1S/C28H25F2N5O2/c1-35-15-32-34-27(35)24-18(17-6-3-2-4-7-17)10-11-19(29)25(24)28-33-22-13-16(12-20(30)26(22)37-28)14-31-21-8-5-9-23(21)36/h2-4,6-7,10-13,15,21,23,31,36H,5,8-9,14H2,1H3/t21?,23-/m1/s1. The van der Waals surface area contributed by atoms with Gasteiger partial charge in [-0.15, -0.1) is 10.2 Å². The first-order valence-corrected chi connectivity index (χ1v) is 12.2. The summed E-state index contributed by atoms with van der Waals surface area (Å²) < 4.78 is 38.1. The van der Waals surface area contributed by atoms with Gasteiger partial charge in [0.25, 0.3) is 0 Å². The minimum atomic E-state index is -0.583. The van der Waals surface area contributed by atoms with Crippen LogP contribution in [-0.2, 0) is 13.6 Å². The Morgan fingerprint density at radius 3 is 2.62 bits per heavy atom. The number of nitrogens with zero attached hydrogens (tertiary/aromatic N) is 4. The third kappa shape index (κ3) is 4.30. The van der Waals surface area contributed by atoms with E-state index >= 15 is 8.78 Å². The van der Waals surface area contributed by atoms with Crippen molar-refractivity contribution in [1.29, 1.82) is 0 Å². The normalized spacial score (nSPS) is 17.6. The lowest BCUT2D eigenvalue weighted by atomic mass is 9.94. The van der Waals surface area contributed by atoms with Gasteiger partial charge in [0.15, 0.2) is 17.2 Å². The highest BCUT2D eigenvalue weighted by molar-refractivity contribution is 5.92. The quantitative estimate of drug-likeness (QED) is 0.331. The van der Waals surface area contributed by atoms with Crippen molar-refractivity contribution in [2.75, 3.05) is 0 Å². The van der Waals surface area contributed by atoms with Crippen LogP contribution in [0.15, 0.2) is 65.3 Å². The first kappa shape index (κ1) is 23.4. The zero-order valence-corrected chi connectivity index (χ0v) is 20.2. The maximum atomic E-state index is 15.5. The van der Waals surface area contributed by atoms with Gasteiger partial charge < -0.3 is 19.4 Å². The number of aryl methyl sites for hydroxylation is 1. The van der Waals surface area contributed by atoms with Crippen molar-refractivity contribution < 1.29 is 18.3 Å². The largest absolute Gasteiger partial charge is 0.433 e. The molecule has 1 saturated carbocycles. The molecular weight excluding hydrogens is 476 g/mol. The Hall–Kier alpha value is -3.95. The number of aliphatic hydroxyl groups is 1. The number of aromatic nitrogens is 4. The Morgan fingerprint density at radius 1 is 1.05 bits per heavy atom. The average Bonchev–Trinajstić information content (AvgIpc) is 3.63. The van der Waals surface area contributed by atoms with Crippen LogP contribution in [0.2, 0.25) is 0 Å². The highest BCUT2D eigenvalue weighted by atomic mass is 19.1. The average molecular weight is 502 g/mol. The molecule has 1 fully saturated rings. The van der Waals surface area contributed by atoms with Crippen molar-refractivity contribution in [3.05, 3.63) is 78.1 Å². The van der Waals surface area contributed by atoms with Crippen molar-refractivity contribution in [2.45, 2.75) is 38.0 Å². The van der Waals surface area contributed by atoms with Crippen molar-refractivity contribution in [1.82, 2.24) is 25.1 Å². The predicted octanol–water partition coefficient (Wildman–Crippen LogP) is 5.24. The SMILES string of the molecule is Cn1cnnc1-c1c(-c2ccccc2)ccc(F)c1-c1nc2cc(CNC3CCC[C@H]3O)cc(F)c2o1. The molecule has 0 spiro atoms. The van der Waals surface area contributed by atoms with E-state index in [2.05, 4.69) is 20.5 Å². The second kappa shape index (κ2) is 9.49. The van der Waals surface area contributed by atoms with Crippen LogP contribution < -0.4 is 5.32 Å². The number of nitrogens with one attached hydrogen (secondary N) is 1. The summed E-state index contributed by atoms with van der Waals surface area (Å²) >= 11 is 0. The monoisotopic (exact) mass is 501 g/mol. The van der Waals surface area contributed by atoms with E-state index in [1.807, 2.05) is 30.3 Å². The lowest BCUT2D eigenvalue weighted by Crippen LogP contribution is -2.35. The van der Waals surface area contributed by atoms with E-state index in [0.29, 0.717) is 23.5 Å². The molecule has 1 aliphatic carbocycles. The summed E-state index contributed by atoms with van der Waals surface area (Å²) in [7, 11) is 1.77. The van der Waals surface area contributed by atoms with Crippen molar-refractivity contribution in [3.63, 3.8) is 0 Å². The number of oxazole rings is 1. The third-order valence-corrected chi connectivity index (χ3v) is 6.94. The number of aliphatic hydroxyl groups excluding tert-OH is 1. The fourth-order valence-electron chi connectivity index (χ4n) is 5.07. The highest BCUT2D eigenvalue weighted by Crippen LogP contribution is 2.41. The molecular formula is C28H25F2N5O2. The molecule has 0 saturated heterocycles. The van der Waals surface area contributed by atoms with E-state index in [-0.39, 0.29) is 28.6 Å². The van der Waals surface area contributed by atoms with Gasteiger partial charge in [-0.25, -0.2) is 13.8 Å². The number of halogens is 2. The maximum Gasteiger partial charge on any atom is 0.231 e. The molecule has 5 aromatic rings. The van der Waals surface area contributed by atoms with Crippen molar-refractivity contribution in [3.8, 4) is 34.0 Å². The summed E-state index contributed by atoms with van der Waals surface area (Å²) in [6, 6.07) is 15.7. The number of hydrogen-bond donors (Lipinski definition) is 2. The summed E-state index contributed by atoms with van der Waals surface area (Å²) in [4.78, 5) is 4.51. The van der Waals surface area contributed by atoms with Crippen LogP contribution >= 0.6 is 0 Å². The minimum Gasteiger partial charge on any atom is -0.433 e. The van der Waals surface area contributed by atoms with Crippen LogP contribution in [0.1, 0.15) is 24.8 Å². The highest BCUT2D eigenvalue weighted by Gasteiger charge is 2.27. The molecule has 2 N–H and O–H groups in total. The lowest BCUT2D eigenvalue weighted by molar-refractivity contribution is 0.148. The van der Waals surface area contributed by atoms with Gasteiger partial charge in [0.2, 0.25) is 5.89 Å². The van der Waals surface area contributed by atoms with Gasteiger partial charge in [0, 0.05) is 25.2 Å². The number of rotatable bonds is 6. The lowest BCUT2D eigenvalue weighted by Gasteiger charge is -2.16. The summed E-state index contributed by atoms with van der Waals surface area (Å²) in [5.74, 6) is -0.767. The molecule has 2 heterocycles. The second-order valence-corrected chi connectivity index (χ2v) is 9.41. The van der Waals surface area contributed by atoms with E-state index < -0.39 is 17.7 Å². The fraction of sp³-hybridized carbons (Fsp3) is 0.250. The summed E-state index contributed by atoms with van der Waals surface area (Å²) in [5, 5.41) is 21.6. The molecule has 6 rings (SSSR count). The van der Waals surface area contributed by atoms with Crippen LogP contribution in [0.3, 0.4) is 0 Å². The second-order valence-electron chi connectivity index (χ2n) is 9.41. The molecule has 2 aromatic heterocycles. The first-order chi connectivity index (χ1) is 18.0. The predicted molar refractivity (Wildman–Crippen MR) is 135 cm³/mol. The smallest absolute Gasteiger partial charge is 0.231 e. The zero-order valence-electron chi connectivity index (χ0n) is 20.2. The topological polar surface area (TPSA) is 89.0 Å². The van der Waals surface area contributed by atoms with Gasteiger partial charge in [-0.1, -0.05) is 36.4 Å². The van der Waals surface area contributed by atoms with Crippen LogP contribution in [0, 0.1) is 11.6 Å². The van der Waals surface area contributed by atoms with E-state index in [1.165, 1.54) is 18.5 Å². The van der Waals surface area contributed by atoms with Crippen LogP contribution in [-0.4, -0.2) is 37.0 Å². The first-order valence-electron chi connectivity index (χ1n) is 12.2. The Morgan fingerprint density at radius 2 is 1.89 bits per heavy atom. The van der Waals surface area contributed by atoms with Gasteiger partial charge in [-0.2, -0.15) is 0 Å². The molecule has 0 radical (unpaired) electrons. The molecule has 0 amide bonds. The van der Waals surface area contributed by atoms with Crippen LogP contribution in [0.5, 0.6) is 0 Å². The van der Waals surface area contributed by atoms with Gasteiger partial charge in [-0.05, 0) is 54.2 Å². The van der Waals surface area contributed by atoms with E-state index in [9.17, 15) is 5.11 Å². The number of hydrogen-bond acceptors (Lipinski definition) is 6. The van der Waals surface area contributed by atoms with E-state index in [1.54, 1.807) is 23.7 Å². The molecule has 9 heteroatoms. The molecule has 3 aromatic carbocycles. The molecule has 1 unspecified atom stereocenters. The molecule has 7 nitrogen and oxygen atoms in total. The van der Waals surface area contributed by atoms with Gasteiger partial charge in [0.05, 0.1) is 11.7 Å². The molecule has 0 bridgehead atoms. The Kier molecular flexibility index (Phi) is 6.02. The third-order valence-electron chi connectivity index (χ3n) is 6.94. The number of benzene rings is 3. The minimum absolute atomic E-state index is 0.0181. The molecule has 188 valence electrons. The van der Waals surface area contributed by atoms with Crippen molar-refractivity contribution in [2.24, 2.45) is 7.05 Å². The molecule has 1 aliphatic rings. The van der Waals surface area contributed by atoms with Gasteiger partial charge in [-0.3, -0.25) is 0 Å². The van der Waals surface area contributed by atoms with Gasteiger partial charge in [0.1, 0.15) is 17.7 Å². The maximum absolute atomic E-state index is 15.5. The Labute approximate surface area is 211 Å². The van der Waals surface area contributed by atoms with E-state index in [0.717, 1.165) is 30.4 Å². The van der Waals surface area contributed by atoms with E-state index in [4.69, 9.17) is 4.42 Å². The van der Waals surface area contributed by atoms with Crippen LogP contribution in [0.4, 0.5) is 8.78 Å². The Bertz CT molecular complexity index is 1580. The van der Waals surface area contributed by atoms with Crippen molar-refractivity contribution >= 4 is 11.1 Å². The molecule has 37 heavy (non-hydrogen) atoms. The fourth-order valence-corrected chi connectivity index (χ4v) is 5.07.